The molecule has 0 spiro atoms. The molecule has 6 atom stereocenters. The summed E-state index contributed by atoms with van der Waals surface area (Å²) in [4.78, 5) is 58.6. The highest BCUT2D eigenvalue weighted by molar-refractivity contribution is 7.66. The molecule has 2 unspecified atom stereocenters. The number of ether oxygens (including phenoxy) is 2. The molecule has 2 aromatic heterocycles. The Morgan fingerprint density at radius 1 is 1.21 bits per heavy atom. The van der Waals surface area contributed by atoms with Gasteiger partial charge >= 0.3 is 23.5 Å². The monoisotopic (exact) mass is 551 g/mol. The second-order valence-corrected chi connectivity index (χ2v) is 11.1. The normalized spacial score (nSPS) is 26.9. The molecule has 1 aliphatic rings. The molecule has 22 heteroatoms. The van der Waals surface area contributed by atoms with Crippen LogP contribution in [0.5, 0.6) is 0 Å². The number of fused-ring (bicyclic) bond motifs is 1. The van der Waals surface area contributed by atoms with E-state index in [2.05, 4.69) is 33.4 Å². The van der Waals surface area contributed by atoms with E-state index in [-0.39, 0.29) is 17.1 Å². The number of nitrogens with one attached hydrogen (secondary N) is 2. The van der Waals surface area contributed by atoms with Crippen LogP contribution in [0.25, 0.3) is 11.2 Å². The summed E-state index contributed by atoms with van der Waals surface area (Å²) >= 11 is 0. The first kappa shape index (κ1) is 27.0. The number of hydrogen-bond donors (Lipinski definition) is 7. The minimum absolute atomic E-state index is 0.0522. The first-order chi connectivity index (χ1) is 15.7. The maximum Gasteiger partial charge on any atom is 0.490 e. The number of phosphoric ester groups is 1. The Hall–Kier alpha value is -1.56. The summed E-state index contributed by atoms with van der Waals surface area (Å²) in [6.07, 6.45) is -3.96. The van der Waals surface area contributed by atoms with Crippen LogP contribution >= 0.6 is 23.5 Å². The minimum atomic E-state index is -5.71. The Labute approximate surface area is 189 Å². The molecule has 192 valence electrons. The van der Waals surface area contributed by atoms with Gasteiger partial charge in [0.15, 0.2) is 17.4 Å². The van der Waals surface area contributed by atoms with Crippen LogP contribution in [0.1, 0.15) is 6.23 Å². The van der Waals surface area contributed by atoms with Crippen molar-refractivity contribution in [2.45, 2.75) is 24.5 Å². The molecule has 7 N–H and O–H groups in total. The molecular weight excluding hydrogens is 531 g/mol. The van der Waals surface area contributed by atoms with E-state index in [0.29, 0.717) is 0 Å². The number of methoxy groups -OCH3 is 1. The number of rotatable bonds is 10. The molecule has 19 nitrogen and oxygen atoms in total. The number of hydrogen-bond acceptors (Lipinski definition) is 13. The Morgan fingerprint density at radius 2 is 1.88 bits per heavy atom. The third-order valence-electron chi connectivity index (χ3n) is 4.35. The topological polar surface area (TPSA) is 274 Å². The minimum Gasteiger partial charge on any atom is -0.387 e. The molecule has 34 heavy (non-hydrogen) atoms. The lowest BCUT2D eigenvalue weighted by Crippen LogP contribution is -2.35. The van der Waals surface area contributed by atoms with Crippen molar-refractivity contribution in [2.24, 2.45) is 0 Å². The smallest absolute Gasteiger partial charge is 0.387 e. The fourth-order valence-electron chi connectivity index (χ4n) is 3.04. The molecule has 0 saturated carbocycles. The summed E-state index contributed by atoms with van der Waals surface area (Å²) in [6, 6.07) is 0. The van der Waals surface area contributed by atoms with Gasteiger partial charge in [0.2, 0.25) is 5.95 Å². The van der Waals surface area contributed by atoms with Crippen LogP contribution < -0.4 is 10.9 Å². The van der Waals surface area contributed by atoms with Crippen LogP contribution in [0.2, 0.25) is 0 Å². The molecule has 3 rings (SSSR count). The summed E-state index contributed by atoms with van der Waals surface area (Å²) < 4.78 is 57.9. The Bertz CT molecular complexity index is 1240. The quantitative estimate of drug-likeness (QED) is 0.170. The van der Waals surface area contributed by atoms with Gasteiger partial charge in [-0.05, 0) is 0 Å². The SMILES string of the molecule is CNc1nc2c(ncn2[C@@H]2O[C@H](COP(=O)(O)OP(=O)(O)OP(=O)(O)O)[C@@H](O)[C@H]2OC)c(=O)[nH]1. The molecule has 0 aromatic carbocycles. The van der Waals surface area contributed by atoms with Crippen LogP contribution in [0.4, 0.5) is 5.95 Å². The van der Waals surface area contributed by atoms with Gasteiger partial charge in [0.05, 0.1) is 12.9 Å². The summed E-state index contributed by atoms with van der Waals surface area (Å²) in [5.41, 5.74) is -0.561. The predicted octanol–water partition coefficient (Wildman–Crippen LogP) is -1.22. The number of aromatic amines is 1. The molecule has 3 heterocycles. The van der Waals surface area contributed by atoms with Gasteiger partial charge in [-0.15, -0.1) is 0 Å². The Balaban J connectivity index is 1.78. The standard InChI is InChI=1S/C12H20N5O14P3/c1-13-12-15-9-6(10(19)16-12)14-4-17(9)11-8(27-2)7(18)5(29-11)3-28-33(23,24)31-34(25,26)30-32(20,21)22/h4-5,7-8,11,18H,3H2,1-2H3,(H,23,24)(H,25,26)(H2,20,21,22)(H2,13,15,16,19)/t5-,7-,8-,11-/m1/s1. The number of imidazole rings is 1. The third kappa shape index (κ3) is 6.16. The number of anilines is 1. The van der Waals surface area contributed by atoms with Gasteiger partial charge in [0, 0.05) is 14.2 Å². The van der Waals surface area contributed by atoms with Crippen molar-refractivity contribution in [2.75, 3.05) is 26.1 Å². The molecule has 2 aromatic rings. The van der Waals surface area contributed by atoms with Gasteiger partial charge in [-0.25, -0.2) is 18.7 Å². The number of aliphatic hydroxyl groups excluding tert-OH is 1. The highest BCUT2D eigenvalue weighted by Crippen LogP contribution is 2.66. The Morgan fingerprint density at radius 3 is 2.47 bits per heavy atom. The average Bonchev–Trinajstić information content (AvgIpc) is 3.24. The summed E-state index contributed by atoms with van der Waals surface area (Å²) in [5.74, 6) is 0.107. The van der Waals surface area contributed by atoms with E-state index in [1.807, 2.05) is 0 Å². The van der Waals surface area contributed by atoms with Crippen molar-refractivity contribution in [3.63, 3.8) is 0 Å². The number of aromatic nitrogens is 4. The zero-order valence-corrected chi connectivity index (χ0v) is 19.9. The summed E-state index contributed by atoms with van der Waals surface area (Å²) in [7, 11) is -14.0. The molecule has 0 amide bonds. The van der Waals surface area contributed by atoms with Gasteiger partial charge in [-0.2, -0.15) is 13.6 Å². The van der Waals surface area contributed by atoms with Gasteiger partial charge < -0.3 is 39.5 Å². The van der Waals surface area contributed by atoms with E-state index in [4.69, 9.17) is 19.3 Å². The largest absolute Gasteiger partial charge is 0.490 e. The molecule has 0 radical (unpaired) electrons. The second kappa shape index (κ2) is 9.83. The van der Waals surface area contributed by atoms with Crippen molar-refractivity contribution in [1.82, 2.24) is 19.5 Å². The molecule has 0 aliphatic carbocycles. The first-order valence-corrected chi connectivity index (χ1v) is 13.5. The van der Waals surface area contributed by atoms with Crippen LogP contribution in [0.15, 0.2) is 11.1 Å². The van der Waals surface area contributed by atoms with Gasteiger partial charge in [0.25, 0.3) is 5.56 Å². The summed E-state index contributed by atoms with van der Waals surface area (Å²) in [5, 5.41) is 13.2. The lowest BCUT2D eigenvalue weighted by atomic mass is 10.1. The number of aliphatic hydroxyl groups is 1. The van der Waals surface area contributed by atoms with E-state index in [9.17, 15) is 33.4 Å². The predicted molar refractivity (Wildman–Crippen MR) is 108 cm³/mol. The van der Waals surface area contributed by atoms with Crippen LogP contribution in [-0.4, -0.2) is 83.3 Å². The molecule has 0 bridgehead atoms. The second-order valence-electron chi connectivity index (χ2n) is 6.63. The van der Waals surface area contributed by atoms with Crippen molar-refractivity contribution in [3.05, 3.63) is 16.7 Å². The fraction of sp³-hybridized carbons (Fsp3) is 0.583. The zero-order valence-electron chi connectivity index (χ0n) is 17.2. The molecule has 1 fully saturated rings. The van der Waals surface area contributed by atoms with E-state index in [0.717, 1.165) is 0 Å². The third-order valence-corrected chi connectivity index (χ3v) is 8.15. The van der Waals surface area contributed by atoms with Crippen LogP contribution in [0, 0.1) is 0 Å². The summed E-state index contributed by atoms with van der Waals surface area (Å²) in [6.45, 7) is -0.913. The highest BCUT2D eigenvalue weighted by atomic mass is 31.3. The zero-order chi connectivity index (χ0) is 25.5. The lowest BCUT2D eigenvalue weighted by Gasteiger charge is -2.20. The van der Waals surface area contributed by atoms with Gasteiger partial charge in [-0.3, -0.25) is 18.9 Å². The van der Waals surface area contributed by atoms with E-state index >= 15 is 0 Å². The fourth-order valence-corrected chi connectivity index (χ4v) is 6.07. The van der Waals surface area contributed by atoms with Crippen molar-refractivity contribution in [3.8, 4) is 0 Å². The molecule has 1 aliphatic heterocycles. The number of H-pyrrole nitrogens is 1. The van der Waals surface area contributed by atoms with Gasteiger partial charge in [-0.1, -0.05) is 0 Å². The average molecular weight is 551 g/mol. The van der Waals surface area contributed by atoms with E-state index in [1.165, 1.54) is 25.1 Å². The van der Waals surface area contributed by atoms with Gasteiger partial charge in [0.1, 0.15) is 18.3 Å². The van der Waals surface area contributed by atoms with Crippen LogP contribution in [-0.2, 0) is 36.3 Å². The molecule has 1 saturated heterocycles. The van der Waals surface area contributed by atoms with E-state index < -0.39 is 60.2 Å². The lowest BCUT2D eigenvalue weighted by molar-refractivity contribution is -0.0577. The Kier molecular flexibility index (Phi) is 7.82. The molecular formula is C12H20N5O14P3. The number of nitrogens with zero attached hydrogens (tertiary/aromatic N) is 3. The van der Waals surface area contributed by atoms with Crippen LogP contribution in [0.3, 0.4) is 0 Å². The van der Waals surface area contributed by atoms with Crippen molar-refractivity contribution < 1.29 is 61.0 Å². The first-order valence-electron chi connectivity index (χ1n) is 8.95. The highest BCUT2D eigenvalue weighted by Gasteiger charge is 2.48. The maximum atomic E-state index is 12.2. The van der Waals surface area contributed by atoms with Crippen molar-refractivity contribution >= 4 is 40.6 Å². The van der Waals surface area contributed by atoms with E-state index in [1.54, 1.807) is 0 Å². The number of phosphoric acid groups is 3. The maximum absolute atomic E-state index is 12.2. The van der Waals surface area contributed by atoms with Crippen molar-refractivity contribution in [1.29, 1.82) is 0 Å².